The highest BCUT2D eigenvalue weighted by atomic mass is 19.1. The number of cyclic esters (lactones) is 1. The van der Waals surface area contributed by atoms with Gasteiger partial charge in [0.15, 0.2) is 0 Å². The van der Waals surface area contributed by atoms with E-state index in [1.54, 1.807) is 35.4 Å². The Labute approximate surface area is 208 Å². The molecule has 1 aromatic carbocycles. The minimum Gasteiger partial charge on any atom is -0.442 e. The minimum absolute atomic E-state index is 0.00333. The van der Waals surface area contributed by atoms with E-state index in [1.165, 1.54) is 11.0 Å². The summed E-state index contributed by atoms with van der Waals surface area (Å²) in [6, 6.07) is 8.33. The van der Waals surface area contributed by atoms with Crippen molar-refractivity contribution >= 4 is 17.5 Å². The largest absolute Gasteiger partial charge is 0.442 e. The third-order valence-electron chi connectivity index (χ3n) is 6.18. The van der Waals surface area contributed by atoms with E-state index in [2.05, 4.69) is 32.7 Å². The molecular weight excluding hydrogens is 465 g/mol. The molecule has 0 saturated carbocycles. The summed E-state index contributed by atoms with van der Waals surface area (Å²) >= 11 is 0. The first-order valence-electron chi connectivity index (χ1n) is 12.1. The molecule has 2 atom stereocenters. The van der Waals surface area contributed by atoms with Crippen LogP contribution >= 0.6 is 0 Å². The Balaban J connectivity index is 1.21. The summed E-state index contributed by atoms with van der Waals surface area (Å²) in [6.07, 6.45) is 6.92. The van der Waals surface area contributed by atoms with Crippen molar-refractivity contribution in [3.8, 4) is 11.1 Å². The number of carbonyl (C=O) groups is 1. The fourth-order valence-corrected chi connectivity index (χ4v) is 4.25. The van der Waals surface area contributed by atoms with Gasteiger partial charge in [-0.3, -0.25) is 9.88 Å². The second kappa shape index (κ2) is 10.8. The molecule has 0 aliphatic carbocycles. The van der Waals surface area contributed by atoms with Crippen molar-refractivity contribution in [3.05, 3.63) is 60.4 Å². The number of halogens is 1. The van der Waals surface area contributed by atoms with E-state index in [-0.39, 0.29) is 6.10 Å². The number of pyridine rings is 1. The van der Waals surface area contributed by atoms with Crippen molar-refractivity contribution in [2.45, 2.75) is 44.9 Å². The summed E-state index contributed by atoms with van der Waals surface area (Å²) < 4.78 is 22.1. The molecule has 10 nitrogen and oxygen atoms in total. The molecule has 2 aliphatic rings. The van der Waals surface area contributed by atoms with Gasteiger partial charge in [-0.2, -0.15) is 0 Å². The molecule has 3 aromatic rings. The molecule has 0 bridgehead atoms. The Kier molecular flexibility index (Phi) is 7.17. The van der Waals surface area contributed by atoms with Crippen molar-refractivity contribution in [2.75, 3.05) is 24.5 Å². The second-order valence-corrected chi connectivity index (χ2v) is 8.86. The number of aromatic nitrogens is 4. The molecule has 2 aromatic heterocycles. The van der Waals surface area contributed by atoms with Crippen molar-refractivity contribution in [3.63, 3.8) is 0 Å². The quantitative estimate of drug-likeness (QED) is 0.432. The number of rotatable bonds is 10. The van der Waals surface area contributed by atoms with Crippen LogP contribution in [-0.2, 0) is 16.1 Å². The third kappa shape index (κ3) is 5.35. The number of nitrogens with zero attached hydrogens (tertiary/aromatic N) is 6. The van der Waals surface area contributed by atoms with Gasteiger partial charge < -0.3 is 14.9 Å². The Bertz CT molecular complexity index is 1220. The number of ether oxygens (including phenoxy) is 1. The van der Waals surface area contributed by atoms with Crippen LogP contribution in [0.4, 0.5) is 14.9 Å². The number of amides is 1. The van der Waals surface area contributed by atoms with Gasteiger partial charge in [0.1, 0.15) is 23.7 Å². The van der Waals surface area contributed by atoms with Gasteiger partial charge in [0.2, 0.25) is 0 Å². The van der Waals surface area contributed by atoms with Gasteiger partial charge in [0.25, 0.3) is 0 Å². The van der Waals surface area contributed by atoms with E-state index < -0.39 is 18.0 Å². The molecule has 4 heterocycles. The van der Waals surface area contributed by atoms with Gasteiger partial charge >= 0.3 is 6.09 Å². The van der Waals surface area contributed by atoms with Crippen LogP contribution in [0.5, 0.6) is 0 Å². The van der Waals surface area contributed by atoms with Gasteiger partial charge in [0.05, 0.1) is 30.7 Å². The van der Waals surface area contributed by atoms with Crippen LogP contribution in [0, 0.1) is 5.82 Å². The number of hydrogen-bond acceptors (Lipinski definition) is 8. The zero-order chi connectivity index (χ0) is 24.9. The SMILES string of the molecule is CCCCNC[C@@H]1CC(c2ccc(-c3ccc(N4C[C@H](Cn5ccnn5)OC4=O)cc3F)cn2)=NO1. The number of hydrogen-bond donors (Lipinski definition) is 1. The lowest BCUT2D eigenvalue weighted by Crippen LogP contribution is -2.27. The van der Waals surface area contributed by atoms with E-state index in [1.807, 2.05) is 12.1 Å². The number of nitrogens with one attached hydrogen (secondary N) is 1. The Hall–Kier alpha value is -3.86. The molecule has 5 rings (SSSR count). The van der Waals surface area contributed by atoms with Crippen molar-refractivity contribution in [1.29, 1.82) is 0 Å². The van der Waals surface area contributed by atoms with Crippen molar-refractivity contribution in [1.82, 2.24) is 25.3 Å². The first-order chi connectivity index (χ1) is 17.6. The highest BCUT2D eigenvalue weighted by Gasteiger charge is 2.33. The average Bonchev–Trinajstić information content (AvgIpc) is 3.64. The number of unbranched alkanes of at least 4 members (excludes halogenated alkanes) is 1. The lowest BCUT2D eigenvalue weighted by atomic mass is 10.0. The second-order valence-electron chi connectivity index (χ2n) is 8.86. The monoisotopic (exact) mass is 493 g/mol. The zero-order valence-electron chi connectivity index (χ0n) is 20.0. The minimum atomic E-state index is -0.517. The van der Waals surface area contributed by atoms with Crippen LogP contribution in [-0.4, -0.2) is 63.6 Å². The lowest BCUT2D eigenvalue weighted by Gasteiger charge is -2.14. The molecule has 0 unspecified atom stereocenters. The Morgan fingerprint density at radius 1 is 1.22 bits per heavy atom. The molecule has 1 saturated heterocycles. The number of anilines is 1. The average molecular weight is 494 g/mol. The van der Waals surface area contributed by atoms with Gasteiger partial charge in [-0.05, 0) is 37.2 Å². The van der Waals surface area contributed by atoms with Crippen LogP contribution in [0.1, 0.15) is 31.9 Å². The van der Waals surface area contributed by atoms with Gasteiger partial charge in [-0.1, -0.05) is 29.8 Å². The smallest absolute Gasteiger partial charge is 0.414 e. The molecule has 1 amide bonds. The van der Waals surface area contributed by atoms with E-state index >= 15 is 4.39 Å². The summed E-state index contributed by atoms with van der Waals surface area (Å²) in [5, 5.41) is 15.2. The topological polar surface area (TPSA) is 107 Å². The summed E-state index contributed by atoms with van der Waals surface area (Å²) in [6.45, 7) is 4.55. The molecule has 0 spiro atoms. The normalized spacial score (nSPS) is 19.3. The molecule has 1 N–H and O–H groups in total. The molecule has 1 fully saturated rings. The first kappa shape index (κ1) is 23.9. The van der Waals surface area contributed by atoms with Crippen molar-refractivity contribution in [2.24, 2.45) is 5.16 Å². The van der Waals surface area contributed by atoms with Crippen LogP contribution in [0.15, 0.2) is 54.1 Å². The predicted molar refractivity (Wildman–Crippen MR) is 131 cm³/mol. The van der Waals surface area contributed by atoms with Crippen LogP contribution in [0.3, 0.4) is 0 Å². The molecule has 188 valence electrons. The number of benzene rings is 1. The van der Waals surface area contributed by atoms with Crippen LogP contribution in [0.2, 0.25) is 0 Å². The van der Waals surface area contributed by atoms with E-state index in [9.17, 15) is 4.79 Å². The summed E-state index contributed by atoms with van der Waals surface area (Å²) in [5.41, 5.74) is 2.96. The van der Waals surface area contributed by atoms with Crippen molar-refractivity contribution < 1.29 is 18.8 Å². The van der Waals surface area contributed by atoms with Gasteiger partial charge in [-0.15, -0.1) is 5.10 Å². The third-order valence-corrected chi connectivity index (χ3v) is 6.18. The summed E-state index contributed by atoms with van der Waals surface area (Å²) in [4.78, 5) is 23.8. The van der Waals surface area contributed by atoms with Gasteiger partial charge in [0, 0.05) is 36.5 Å². The number of oxime groups is 1. The summed E-state index contributed by atoms with van der Waals surface area (Å²) in [5.74, 6) is -0.450. The maximum Gasteiger partial charge on any atom is 0.414 e. The maximum absolute atomic E-state index is 15.1. The first-order valence-corrected chi connectivity index (χ1v) is 12.1. The fourth-order valence-electron chi connectivity index (χ4n) is 4.25. The van der Waals surface area contributed by atoms with E-state index in [4.69, 9.17) is 9.57 Å². The molecule has 36 heavy (non-hydrogen) atoms. The Morgan fingerprint density at radius 3 is 2.89 bits per heavy atom. The maximum atomic E-state index is 15.1. The lowest BCUT2D eigenvalue weighted by molar-refractivity contribution is 0.0851. The van der Waals surface area contributed by atoms with Crippen LogP contribution < -0.4 is 10.2 Å². The molecule has 0 radical (unpaired) electrons. The standard InChI is InChI=1S/C25H28FN7O3/c1-2-3-8-27-14-19-12-24(30-36-19)23-7-4-17(13-28-23)21-6-5-18(11-22(21)26)33-16-20(35-25(33)34)15-32-10-9-29-31-32/h4-7,9-11,13,19-20,27H,2-3,8,12,14-16H2,1H3/t19-,20-/m0/s1. The molecular formula is C25H28FN7O3. The highest BCUT2D eigenvalue weighted by Crippen LogP contribution is 2.29. The van der Waals surface area contributed by atoms with E-state index in [0.29, 0.717) is 42.0 Å². The zero-order valence-corrected chi connectivity index (χ0v) is 20.0. The number of carbonyl (C=O) groups excluding carboxylic acids is 1. The Morgan fingerprint density at radius 2 is 2.14 bits per heavy atom. The highest BCUT2D eigenvalue weighted by molar-refractivity contribution is 5.99. The van der Waals surface area contributed by atoms with Crippen LogP contribution in [0.25, 0.3) is 11.1 Å². The summed E-state index contributed by atoms with van der Waals surface area (Å²) in [7, 11) is 0. The van der Waals surface area contributed by atoms with E-state index in [0.717, 1.165) is 31.6 Å². The van der Waals surface area contributed by atoms with Gasteiger partial charge in [-0.25, -0.2) is 13.9 Å². The predicted octanol–water partition coefficient (Wildman–Crippen LogP) is 3.39. The fraction of sp³-hybridized carbons (Fsp3) is 0.400. The molecule has 11 heteroatoms. The molecule has 2 aliphatic heterocycles.